The summed E-state index contributed by atoms with van der Waals surface area (Å²) in [6.07, 6.45) is 2.26. The highest BCUT2D eigenvalue weighted by molar-refractivity contribution is 5.91. The molecular formula is C16H23NO3. The van der Waals surface area contributed by atoms with Crippen molar-refractivity contribution in [2.24, 2.45) is 0 Å². The van der Waals surface area contributed by atoms with Crippen LogP contribution in [0, 0.1) is 0 Å². The highest BCUT2D eigenvalue weighted by Gasteiger charge is 2.51. The topological polar surface area (TPSA) is 58.6 Å². The summed E-state index contributed by atoms with van der Waals surface area (Å²) in [6.45, 7) is 2.45. The van der Waals surface area contributed by atoms with E-state index in [9.17, 15) is 9.90 Å². The van der Waals surface area contributed by atoms with Crippen LogP contribution in [0.1, 0.15) is 31.7 Å². The summed E-state index contributed by atoms with van der Waals surface area (Å²) in [4.78, 5) is 12.4. The second kappa shape index (κ2) is 5.94. The number of nitrogens with one attached hydrogen (secondary N) is 1. The molecule has 1 aliphatic rings. The quantitative estimate of drug-likeness (QED) is 0.796. The monoisotopic (exact) mass is 277 g/mol. The van der Waals surface area contributed by atoms with E-state index in [1.807, 2.05) is 30.3 Å². The van der Waals surface area contributed by atoms with Gasteiger partial charge in [0.2, 0.25) is 5.91 Å². The molecule has 4 heteroatoms. The molecule has 0 heterocycles. The minimum atomic E-state index is -0.932. The normalized spacial score (nSPS) is 19.1. The third-order valence-electron chi connectivity index (χ3n) is 3.99. The van der Waals surface area contributed by atoms with Crippen molar-refractivity contribution in [3.63, 3.8) is 0 Å². The predicted molar refractivity (Wildman–Crippen MR) is 77.5 cm³/mol. The Morgan fingerprint density at radius 1 is 1.40 bits per heavy atom. The van der Waals surface area contributed by atoms with Gasteiger partial charge in [-0.15, -0.1) is 0 Å². The molecule has 1 fully saturated rings. The number of hydrogen-bond acceptors (Lipinski definition) is 3. The number of carbonyl (C=O) groups excluding carboxylic acids is 1. The Morgan fingerprint density at radius 3 is 2.60 bits per heavy atom. The first kappa shape index (κ1) is 15.0. The molecule has 2 N–H and O–H groups in total. The molecular weight excluding hydrogens is 254 g/mol. The van der Waals surface area contributed by atoms with Gasteiger partial charge in [0.15, 0.2) is 0 Å². The molecule has 1 saturated carbocycles. The molecule has 1 unspecified atom stereocenters. The molecule has 1 aromatic rings. The predicted octanol–water partition coefficient (Wildman–Crippen LogP) is 1.62. The fourth-order valence-corrected chi connectivity index (χ4v) is 2.38. The van der Waals surface area contributed by atoms with Gasteiger partial charge in [0.05, 0.1) is 11.0 Å². The lowest BCUT2D eigenvalue weighted by atomic mass is 9.94. The van der Waals surface area contributed by atoms with Crippen molar-refractivity contribution in [1.82, 2.24) is 5.32 Å². The van der Waals surface area contributed by atoms with Gasteiger partial charge in [-0.3, -0.25) is 4.79 Å². The van der Waals surface area contributed by atoms with Gasteiger partial charge >= 0.3 is 0 Å². The van der Waals surface area contributed by atoms with E-state index in [2.05, 4.69) is 5.32 Å². The van der Waals surface area contributed by atoms with Crippen molar-refractivity contribution in [3.8, 4) is 0 Å². The molecule has 1 amide bonds. The second-order valence-electron chi connectivity index (χ2n) is 5.87. The van der Waals surface area contributed by atoms with E-state index in [1.165, 1.54) is 0 Å². The van der Waals surface area contributed by atoms with Crippen LogP contribution in [-0.2, 0) is 14.9 Å². The van der Waals surface area contributed by atoms with Crippen LogP contribution < -0.4 is 5.32 Å². The number of amides is 1. The Bertz CT molecular complexity index is 452. The molecule has 1 atom stereocenters. The van der Waals surface area contributed by atoms with Gasteiger partial charge in [0.25, 0.3) is 0 Å². The van der Waals surface area contributed by atoms with E-state index in [-0.39, 0.29) is 17.9 Å². The largest absolute Gasteiger partial charge is 0.388 e. The van der Waals surface area contributed by atoms with Crippen LogP contribution in [0.15, 0.2) is 30.3 Å². The van der Waals surface area contributed by atoms with E-state index in [0.29, 0.717) is 13.0 Å². The highest BCUT2D eigenvalue weighted by Crippen LogP contribution is 2.48. The second-order valence-corrected chi connectivity index (χ2v) is 5.87. The highest BCUT2D eigenvalue weighted by atomic mass is 16.5. The Labute approximate surface area is 120 Å². The first-order valence-corrected chi connectivity index (χ1v) is 7.05. The number of rotatable bonds is 7. The average Bonchev–Trinajstić information content (AvgIpc) is 3.25. The molecule has 2 rings (SSSR count). The van der Waals surface area contributed by atoms with Crippen molar-refractivity contribution in [3.05, 3.63) is 35.9 Å². The standard InChI is InChI=1S/C16H23NO3/c1-15(19,10-11-20-2)12-17-14(18)16(8-9-16)13-6-4-3-5-7-13/h3-7,19H,8-12H2,1-2H3,(H,17,18). The number of benzene rings is 1. The fourth-order valence-electron chi connectivity index (χ4n) is 2.38. The molecule has 4 nitrogen and oxygen atoms in total. The van der Waals surface area contributed by atoms with Crippen LogP contribution in [-0.4, -0.2) is 36.9 Å². The lowest BCUT2D eigenvalue weighted by Gasteiger charge is -2.25. The van der Waals surface area contributed by atoms with Crippen molar-refractivity contribution in [2.45, 2.75) is 37.2 Å². The Kier molecular flexibility index (Phi) is 4.45. The van der Waals surface area contributed by atoms with E-state index in [4.69, 9.17) is 4.74 Å². The maximum Gasteiger partial charge on any atom is 0.230 e. The maximum absolute atomic E-state index is 12.4. The summed E-state index contributed by atoms with van der Waals surface area (Å²) in [5.41, 5.74) is -0.245. The average molecular weight is 277 g/mol. The minimum absolute atomic E-state index is 0.0152. The van der Waals surface area contributed by atoms with Crippen molar-refractivity contribution >= 4 is 5.91 Å². The van der Waals surface area contributed by atoms with Crippen molar-refractivity contribution < 1.29 is 14.6 Å². The van der Waals surface area contributed by atoms with Crippen LogP contribution in [0.25, 0.3) is 0 Å². The zero-order chi connectivity index (χ0) is 14.6. The lowest BCUT2D eigenvalue weighted by molar-refractivity contribution is -0.124. The molecule has 1 aliphatic carbocycles. The fraction of sp³-hybridized carbons (Fsp3) is 0.562. The number of carbonyl (C=O) groups is 1. The zero-order valence-corrected chi connectivity index (χ0v) is 12.2. The summed E-state index contributed by atoms with van der Waals surface area (Å²) < 4.78 is 4.96. The molecule has 1 aromatic carbocycles. The van der Waals surface area contributed by atoms with Gasteiger partial charge in [-0.1, -0.05) is 30.3 Å². The van der Waals surface area contributed by atoms with Crippen LogP contribution in [0.3, 0.4) is 0 Å². The first-order valence-electron chi connectivity index (χ1n) is 7.05. The van der Waals surface area contributed by atoms with Crippen LogP contribution in [0.5, 0.6) is 0 Å². The van der Waals surface area contributed by atoms with Gasteiger partial charge < -0.3 is 15.2 Å². The molecule has 0 aliphatic heterocycles. The van der Waals surface area contributed by atoms with Gasteiger partial charge in [-0.05, 0) is 25.3 Å². The molecule has 0 spiro atoms. The van der Waals surface area contributed by atoms with Crippen molar-refractivity contribution in [2.75, 3.05) is 20.3 Å². The van der Waals surface area contributed by atoms with E-state index < -0.39 is 5.60 Å². The van der Waals surface area contributed by atoms with Crippen LogP contribution in [0.2, 0.25) is 0 Å². The molecule has 0 saturated heterocycles. The first-order chi connectivity index (χ1) is 9.50. The molecule has 0 aromatic heterocycles. The Morgan fingerprint density at radius 2 is 2.05 bits per heavy atom. The molecule has 0 radical (unpaired) electrons. The van der Waals surface area contributed by atoms with E-state index in [0.717, 1.165) is 18.4 Å². The Hall–Kier alpha value is -1.39. The zero-order valence-electron chi connectivity index (χ0n) is 12.2. The van der Waals surface area contributed by atoms with Gasteiger partial charge in [0, 0.05) is 26.7 Å². The minimum Gasteiger partial charge on any atom is -0.388 e. The SMILES string of the molecule is COCCC(C)(O)CNC(=O)C1(c2ccccc2)CC1. The third-order valence-corrected chi connectivity index (χ3v) is 3.99. The van der Waals surface area contributed by atoms with Crippen LogP contribution >= 0.6 is 0 Å². The van der Waals surface area contributed by atoms with Gasteiger partial charge in [-0.2, -0.15) is 0 Å². The lowest BCUT2D eigenvalue weighted by Crippen LogP contribution is -2.45. The van der Waals surface area contributed by atoms with Gasteiger partial charge in [0.1, 0.15) is 0 Å². The van der Waals surface area contributed by atoms with Crippen LogP contribution in [0.4, 0.5) is 0 Å². The number of aliphatic hydroxyl groups is 1. The van der Waals surface area contributed by atoms with E-state index >= 15 is 0 Å². The molecule has 110 valence electrons. The van der Waals surface area contributed by atoms with E-state index in [1.54, 1.807) is 14.0 Å². The molecule has 20 heavy (non-hydrogen) atoms. The number of hydrogen-bond donors (Lipinski definition) is 2. The maximum atomic E-state index is 12.4. The number of methoxy groups -OCH3 is 1. The van der Waals surface area contributed by atoms with Gasteiger partial charge in [-0.25, -0.2) is 0 Å². The smallest absolute Gasteiger partial charge is 0.230 e. The Balaban J connectivity index is 1.93. The summed E-state index contributed by atoms with van der Waals surface area (Å²) in [6, 6.07) is 9.85. The van der Waals surface area contributed by atoms with Crippen molar-refractivity contribution in [1.29, 1.82) is 0 Å². The number of ether oxygens (including phenoxy) is 1. The summed E-state index contributed by atoms with van der Waals surface area (Å²) in [7, 11) is 1.60. The molecule has 0 bridgehead atoms. The summed E-state index contributed by atoms with van der Waals surface area (Å²) in [5.74, 6) is 0.0152. The summed E-state index contributed by atoms with van der Waals surface area (Å²) in [5, 5.41) is 13.0. The summed E-state index contributed by atoms with van der Waals surface area (Å²) >= 11 is 0. The third kappa shape index (κ3) is 3.38.